The molecule has 0 spiro atoms. The van der Waals surface area contributed by atoms with Gasteiger partial charge in [0.25, 0.3) is 0 Å². The van der Waals surface area contributed by atoms with Crippen LogP contribution < -0.4 is 5.32 Å². The van der Waals surface area contributed by atoms with Gasteiger partial charge in [-0.05, 0) is 43.9 Å². The van der Waals surface area contributed by atoms with E-state index >= 15 is 0 Å². The van der Waals surface area contributed by atoms with Crippen LogP contribution in [0.4, 0.5) is 10.8 Å². The van der Waals surface area contributed by atoms with E-state index in [-0.39, 0.29) is 0 Å². The Morgan fingerprint density at radius 1 is 1.38 bits per heavy atom. The van der Waals surface area contributed by atoms with Crippen molar-refractivity contribution in [2.45, 2.75) is 36.6 Å². The van der Waals surface area contributed by atoms with Gasteiger partial charge in [0, 0.05) is 18.0 Å². The standard InChI is InChI=1S/C15H19N3OS2/c1-11-5-4-6-12(9-11)16-14-17-18-15(21-14)20-10-13-7-2-3-8-19-13/h4-6,9,13H,2-3,7-8,10H2,1H3,(H,16,17)/t13-/m0/s1. The highest BCUT2D eigenvalue weighted by Crippen LogP contribution is 2.29. The first-order valence-electron chi connectivity index (χ1n) is 7.21. The zero-order valence-electron chi connectivity index (χ0n) is 12.0. The third-order valence-corrected chi connectivity index (χ3v) is 5.45. The molecule has 0 bridgehead atoms. The van der Waals surface area contributed by atoms with Crippen LogP contribution in [-0.2, 0) is 4.74 Å². The molecule has 112 valence electrons. The number of ether oxygens (including phenoxy) is 1. The summed E-state index contributed by atoms with van der Waals surface area (Å²) in [7, 11) is 0. The molecule has 1 saturated heterocycles. The normalized spacial score (nSPS) is 18.6. The zero-order valence-corrected chi connectivity index (χ0v) is 13.7. The van der Waals surface area contributed by atoms with Crippen molar-refractivity contribution in [2.24, 2.45) is 0 Å². The highest BCUT2D eigenvalue weighted by atomic mass is 32.2. The van der Waals surface area contributed by atoms with Crippen molar-refractivity contribution in [1.82, 2.24) is 10.2 Å². The van der Waals surface area contributed by atoms with Crippen molar-refractivity contribution in [3.63, 3.8) is 0 Å². The zero-order chi connectivity index (χ0) is 14.5. The number of aryl methyl sites for hydroxylation is 1. The Morgan fingerprint density at radius 2 is 2.33 bits per heavy atom. The van der Waals surface area contributed by atoms with Crippen molar-refractivity contribution in [2.75, 3.05) is 17.7 Å². The maximum atomic E-state index is 5.74. The molecular formula is C15H19N3OS2. The number of hydrogen-bond acceptors (Lipinski definition) is 6. The summed E-state index contributed by atoms with van der Waals surface area (Å²) in [4.78, 5) is 0. The molecule has 0 saturated carbocycles. The number of benzene rings is 1. The summed E-state index contributed by atoms with van der Waals surface area (Å²) in [6.07, 6.45) is 4.02. The summed E-state index contributed by atoms with van der Waals surface area (Å²) in [5.41, 5.74) is 2.28. The molecule has 1 N–H and O–H groups in total. The largest absolute Gasteiger partial charge is 0.377 e. The van der Waals surface area contributed by atoms with Gasteiger partial charge in [0.05, 0.1) is 6.10 Å². The number of hydrogen-bond donors (Lipinski definition) is 1. The van der Waals surface area contributed by atoms with Crippen LogP contribution >= 0.6 is 23.1 Å². The van der Waals surface area contributed by atoms with E-state index in [9.17, 15) is 0 Å². The molecule has 1 fully saturated rings. The van der Waals surface area contributed by atoms with E-state index in [2.05, 4.69) is 34.6 Å². The fraction of sp³-hybridized carbons (Fsp3) is 0.467. The number of nitrogens with one attached hydrogen (secondary N) is 1. The number of nitrogens with zero attached hydrogens (tertiary/aromatic N) is 2. The minimum atomic E-state index is 0.376. The van der Waals surface area contributed by atoms with Gasteiger partial charge in [-0.25, -0.2) is 0 Å². The smallest absolute Gasteiger partial charge is 0.210 e. The topological polar surface area (TPSA) is 47.0 Å². The molecule has 1 atom stereocenters. The molecule has 6 heteroatoms. The summed E-state index contributed by atoms with van der Waals surface area (Å²) in [5, 5.41) is 12.6. The van der Waals surface area contributed by atoms with E-state index in [1.54, 1.807) is 23.1 Å². The van der Waals surface area contributed by atoms with Crippen molar-refractivity contribution in [1.29, 1.82) is 0 Å². The van der Waals surface area contributed by atoms with Crippen LogP contribution in [-0.4, -0.2) is 28.7 Å². The second-order valence-electron chi connectivity index (χ2n) is 5.17. The molecule has 2 heterocycles. The summed E-state index contributed by atoms with van der Waals surface area (Å²) < 4.78 is 6.73. The lowest BCUT2D eigenvalue weighted by molar-refractivity contribution is 0.0315. The van der Waals surface area contributed by atoms with Crippen LogP contribution in [0.15, 0.2) is 28.6 Å². The number of rotatable bonds is 5. The molecule has 1 aliphatic rings. The van der Waals surface area contributed by atoms with E-state index in [0.717, 1.165) is 27.5 Å². The van der Waals surface area contributed by atoms with E-state index in [4.69, 9.17) is 4.74 Å². The molecule has 0 radical (unpaired) electrons. The van der Waals surface area contributed by atoms with Crippen LogP contribution in [0.5, 0.6) is 0 Å². The van der Waals surface area contributed by atoms with Crippen molar-refractivity contribution in [3.05, 3.63) is 29.8 Å². The first-order chi connectivity index (χ1) is 10.3. The summed E-state index contributed by atoms with van der Waals surface area (Å²) >= 11 is 3.34. The van der Waals surface area contributed by atoms with Gasteiger partial charge in [-0.1, -0.05) is 35.2 Å². The fourth-order valence-electron chi connectivity index (χ4n) is 2.27. The molecular weight excluding hydrogens is 302 g/mol. The van der Waals surface area contributed by atoms with Gasteiger partial charge in [0.1, 0.15) is 0 Å². The van der Waals surface area contributed by atoms with Crippen LogP contribution in [0.3, 0.4) is 0 Å². The van der Waals surface area contributed by atoms with Crippen LogP contribution in [0, 0.1) is 6.92 Å². The highest BCUT2D eigenvalue weighted by molar-refractivity contribution is 8.01. The molecule has 1 aromatic carbocycles. The lowest BCUT2D eigenvalue weighted by Gasteiger charge is -2.21. The van der Waals surface area contributed by atoms with Gasteiger partial charge in [0.15, 0.2) is 4.34 Å². The minimum Gasteiger partial charge on any atom is -0.377 e. The Bertz CT molecular complexity index is 582. The predicted octanol–water partition coefficient (Wildman–Crippen LogP) is 4.25. The van der Waals surface area contributed by atoms with Gasteiger partial charge in [0.2, 0.25) is 5.13 Å². The fourth-order valence-corrected chi connectivity index (χ4v) is 4.13. The van der Waals surface area contributed by atoms with E-state index in [1.165, 1.54) is 24.8 Å². The van der Waals surface area contributed by atoms with Gasteiger partial charge >= 0.3 is 0 Å². The average Bonchev–Trinajstić information content (AvgIpc) is 2.94. The second-order valence-corrected chi connectivity index (χ2v) is 7.41. The van der Waals surface area contributed by atoms with E-state index in [1.807, 2.05) is 12.1 Å². The second kappa shape index (κ2) is 7.24. The molecule has 0 amide bonds. The lowest BCUT2D eigenvalue weighted by Crippen LogP contribution is -2.21. The highest BCUT2D eigenvalue weighted by Gasteiger charge is 2.15. The van der Waals surface area contributed by atoms with E-state index < -0.39 is 0 Å². The van der Waals surface area contributed by atoms with Crippen LogP contribution in [0.2, 0.25) is 0 Å². The number of aromatic nitrogens is 2. The quantitative estimate of drug-likeness (QED) is 0.834. The Morgan fingerprint density at radius 3 is 3.14 bits per heavy atom. The predicted molar refractivity (Wildman–Crippen MR) is 88.7 cm³/mol. The maximum Gasteiger partial charge on any atom is 0.210 e. The Hall–Kier alpha value is -1.11. The van der Waals surface area contributed by atoms with Crippen LogP contribution in [0.1, 0.15) is 24.8 Å². The Balaban J connectivity index is 1.53. The lowest BCUT2D eigenvalue weighted by atomic mass is 10.1. The average molecular weight is 321 g/mol. The minimum absolute atomic E-state index is 0.376. The molecule has 0 unspecified atom stereocenters. The molecule has 1 aliphatic heterocycles. The first kappa shape index (κ1) is 14.8. The number of thioether (sulfide) groups is 1. The van der Waals surface area contributed by atoms with Crippen molar-refractivity contribution >= 4 is 33.9 Å². The summed E-state index contributed by atoms with van der Waals surface area (Å²) in [6, 6.07) is 8.26. The van der Waals surface area contributed by atoms with Crippen molar-refractivity contribution in [3.8, 4) is 0 Å². The molecule has 2 aromatic rings. The van der Waals surface area contributed by atoms with Crippen molar-refractivity contribution < 1.29 is 4.74 Å². The molecule has 4 nitrogen and oxygen atoms in total. The van der Waals surface area contributed by atoms with Gasteiger partial charge in [-0.3, -0.25) is 0 Å². The summed E-state index contributed by atoms with van der Waals surface area (Å²) in [6.45, 7) is 2.98. The monoisotopic (exact) mass is 321 g/mol. The van der Waals surface area contributed by atoms with E-state index in [0.29, 0.717) is 6.10 Å². The molecule has 3 rings (SSSR count). The Kier molecular flexibility index (Phi) is 5.11. The van der Waals surface area contributed by atoms with Gasteiger partial charge in [-0.2, -0.15) is 0 Å². The Labute approximate surface area is 133 Å². The third kappa shape index (κ3) is 4.43. The molecule has 1 aromatic heterocycles. The van der Waals surface area contributed by atoms with Gasteiger partial charge in [-0.15, -0.1) is 10.2 Å². The van der Waals surface area contributed by atoms with Crippen LogP contribution in [0.25, 0.3) is 0 Å². The SMILES string of the molecule is Cc1cccc(Nc2nnc(SC[C@@H]3CCCCO3)s2)c1. The first-order valence-corrected chi connectivity index (χ1v) is 9.01. The molecule has 21 heavy (non-hydrogen) atoms. The summed E-state index contributed by atoms with van der Waals surface area (Å²) in [5.74, 6) is 0.971. The number of anilines is 2. The van der Waals surface area contributed by atoms with Gasteiger partial charge < -0.3 is 10.1 Å². The third-order valence-electron chi connectivity index (χ3n) is 3.34. The molecule has 0 aliphatic carbocycles. The maximum absolute atomic E-state index is 5.74.